The fourth-order valence-corrected chi connectivity index (χ4v) is 2.70. The molecule has 16 heteroatoms. The first-order chi connectivity index (χ1) is 17.8. The van der Waals surface area contributed by atoms with Gasteiger partial charge in [-0.1, -0.05) is 20.8 Å². The van der Waals surface area contributed by atoms with Gasteiger partial charge in [-0.15, -0.1) is 0 Å². The summed E-state index contributed by atoms with van der Waals surface area (Å²) in [5.74, 6) is 0. The lowest BCUT2D eigenvalue weighted by atomic mass is 10.5. The zero-order chi connectivity index (χ0) is 27.6. The van der Waals surface area contributed by atoms with Crippen LogP contribution >= 0.6 is 0 Å². The number of carbonyl (C=O) groups is 3. The SMILES string of the molecule is CCCOC(=O)NCCn1c(=O)n(CC=NNC(=O)OCCC)c(=O)n(CCNC(=O)OCCC)c1=O. The third-order valence-electron chi connectivity index (χ3n) is 4.42. The molecule has 0 saturated carbocycles. The van der Waals surface area contributed by atoms with Crippen LogP contribution in [0.25, 0.3) is 0 Å². The zero-order valence-electron chi connectivity index (χ0n) is 21.3. The summed E-state index contributed by atoms with van der Waals surface area (Å²) in [6.45, 7) is 4.90. The summed E-state index contributed by atoms with van der Waals surface area (Å²) in [7, 11) is 0. The molecule has 0 atom stereocenters. The molecule has 0 fully saturated rings. The van der Waals surface area contributed by atoms with Crippen molar-refractivity contribution >= 4 is 24.5 Å². The first-order valence-corrected chi connectivity index (χ1v) is 12.0. The van der Waals surface area contributed by atoms with E-state index in [1.54, 1.807) is 0 Å². The van der Waals surface area contributed by atoms with Crippen molar-refractivity contribution in [2.75, 3.05) is 32.9 Å². The highest BCUT2D eigenvalue weighted by atomic mass is 16.6. The van der Waals surface area contributed by atoms with E-state index < -0.39 is 35.3 Å². The van der Waals surface area contributed by atoms with Crippen LogP contribution in [0.4, 0.5) is 14.4 Å². The highest BCUT2D eigenvalue weighted by Crippen LogP contribution is 1.85. The largest absolute Gasteiger partial charge is 0.450 e. The van der Waals surface area contributed by atoms with Gasteiger partial charge in [0.05, 0.1) is 26.4 Å². The van der Waals surface area contributed by atoms with Crippen LogP contribution in [0.2, 0.25) is 0 Å². The molecule has 0 spiro atoms. The number of hydrogen-bond acceptors (Lipinski definition) is 10. The van der Waals surface area contributed by atoms with Gasteiger partial charge in [0, 0.05) is 32.4 Å². The number of alkyl carbamates (subject to hydrolysis) is 2. The van der Waals surface area contributed by atoms with Gasteiger partial charge in [0.1, 0.15) is 0 Å². The number of hydrogen-bond donors (Lipinski definition) is 3. The first kappa shape index (κ1) is 30.9. The molecule has 1 heterocycles. The lowest BCUT2D eigenvalue weighted by Gasteiger charge is -2.14. The van der Waals surface area contributed by atoms with Crippen molar-refractivity contribution in [2.45, 2.75) is 59.7 Å². The second-order valence-electron chi connectivity index (χ2n) is 7.45. The van der Waals surface area contributed by atoms with Crippen LogP contribution in [0.1, 0.15) is 40.0 Å². The van der Waals surface area contributed by atoms with Crippen molar-refractivity contribution < 1.29 is 28.6 Å². The average molecular weight is 530 g/mol. The quantitative estimate of drug-likeness (QED) is 0.153. The Balaban J connectivity index is 3.10. The Kier molecular flexibility index (Phi) is 14.5. The monoisotopic (exact) mass is 529 g/mol. The predicted octanol–water partition coefficient (Wildman–Crippen LogP) is -0.434. The molecule has 0 unspecified atom stereocenters. The predicted molar refractivity (Wildman–Crippen MR) is 132 cm³/mol. The molecule has 0 bridgehead atoms. The molecule has 1 aromatic heterocycles. The van der Waals surface area contributed by atoms with Crippen molar-refractivity contribution in [3.63, 3.8) is 0 Å². The molecule has 208 valence electrons. The minimum absolute atomic E-state index is 0.129. The number of hydrazone groups is 1. The van der Waals surface area contributed by atoms with Gasteiger partial charge in [-0.3, -0.25) is 0 Å². The van der Waals surface area contributed by atoms with E-state index in [-0.39, 0.29) is 52.5 Å². The van der Waals surface area contributed by atoms with E-state index in [0.717, 1.165) is 19.9 Å². The normalized spacial score (nSPS) is 10.7. The second-order valence-corrected chi connectivity index (χ2v) is 7.45. The van der Waals surface area contributed by atoms with Gasteiger partial charge in [-0.2, -0.15) is 5.10 Å². The summed E-state index contributed by atoms with van der Waals surface area (Å²) in [6, 6.07) is 0. The van der Waals surface area contributed by atoms with E-state index in [4.69, 9.17) is 14.2 Å². The summed E-state index contributed by atoms with van der Waals surface area (Å²) in [5, 5.41) is 8.45. The van der Waals surface area contributed by atoms with Gasteiger partial charge in [0.25, 0.3) is 0 Å². The Hall–Kier alpha value is -4.11. The van der Waals surface area contributed by atoms with Gasteiger partial charge in [-0.05, 0) is 19.3 Å². The van der Waals surface area contributed by atoms with Crippen LogP contribution in [0.5, 0.6) is 0 Å². The molecule has 0 aliphatic carbocycles. The van der Waals surface area contributed by atoms with Crippen LogP contribution < -0.4 is 33.1 Å². The lowest BCUT2D eigenvalue weighted by molar-refractivity contribution is 0.145. The first-order valence-electron chi connectivity index (χ1n) is 12.0. The van der Waals surface area contributed by atoms with Crippen molar-refractivity contribution in [1.82, 2.24) is 29.8 Å². The van der Waals surface area contributed by atoms with E-state index >= 15 is 0 Å². The van der Waals surface area contributed by atoms with Crippen molar-refractivity contribution in [1.29, 1.82) is 0 Å². The lowest BCUT2D eigenvalue weighted by Crippen LogP contribution is -2.56. The number of nitrogens with zero attached hydrogens (tertiary/aromatic N) is 4. The van der Waals surface area contributed by atoms with Crippen molar-refractivity contribution in [3.8, 4) is 0 Å². The number of amides is 3. The molecule has 1 aromatic rings. The number of carbonyl (C=O) groups excluding carboxylic acids is 3. The third kappa shape index (κ3) is 11.0. The van der Waals surface area contributed by atoms with Gasteiger partial charge >= 0.3 is 35.3 Å². The molecule has 16 nitrogen and oxygen atoms in total. The van der Waals surface area contributed by atoms with Gasteiger partial charge in [0.2, 0.25) is 0 Å². The maximum atomic E-state index is 12.9. The fraction of sp³-hybridized carbons (Fsp3) is 0.667. The van der Waals surface area contributed by atoms with Crippen LogP contribution in [0.15, 0.2) is 19.5 Å². The average Bonchev–Trinajstić information content (AvgIpc) is 2.88. The highest BCUT2D eigenvalue weighted by Gasteiger charge is 2.16. The fourth-order valence-electron chi connectivity index (χ4n) is 2.70. The summed E-state index contributed by atoms with van der Waals surface area (Å²) >= 11 is 0. The number of nitrogens with one attached hydrogen (secondary N) is 3. The smallest absolute Gasteiger partial charge is 0.427 e. The summed E-state index contributed by atoms with van der Waals surface area (Å²) < 4.78 is 16.8. The molecule has 1 rings (SSSR count). The van der Waals surface area contributed by atoms with Gasteiger partial charge in [0.15, 0.2) is 0 Å². The zero-order valence-corrected chi connectivity index (χ0v) is 21.3. The number of aromatic nitrogens is 3. The molecule has 3 amide bonds. The highest BCUT2D eigenvalue weighted by molar-refractivity contribution is 5.69. The van der Waals surface area contributed by atoms with E-state index in [1.165, 1.54) is 0 Å². The minimum atomic E-state index is -0.953. The number of rotatable bonds is 15. The molecule has 3 N–H and O–H groups in total. The molecule has 37 heavy (non-hydrogen) atoms. The summed E-state index contributed by atoms with van der Waals surface area (Å²) in [6.07, 6.45) is 0.692. The molecule has 0 aliphatic rings. The van der Waals surface area contributed by atoms with Crippen molar-refractivity contribution in [3.05, 3.63) is 31.5 Å². The molecular formula is C21H35N7O9. The maximum Gasteiger partial charge on any atom is 0.427 e. The minimum Gasteiger partial charge on any atom is -0.450 e. The molecule has 0 radical (unpaired) electrons. The van der Waals surface area contributed by atoms with E-state index in [9.17, 15) is 28.8 Å². The molecule has 0 saturated heterocycles. The van der Waals surface area contributed by atoms with Gasteiger partial charge in [-0.25, -0.2) is 47.9 Å². The second kappa shape index (κ2) is 17.3. The van der Waals surface area contributed by atoms with Crippen LogP contribution in [-0.4, -0.2) is 71.1 Å². The summed E-state index contributed by atoms with van der Waals surface area (Å²) in [4.78, 5) is 73.4. The standard InChI is InChI=1S/C21H35N7O9/c1-4-13-35-16(29)22-7-10-26-19(32)27(11-8-23-17(30)36-14-5-2)21(34)28(20(26)33)12-9-24-25-18(31)37-15-6-3/h9H,4-8,10-15H2,1-3H3,(H,22,29)(H,23,30)(H,25,31). The van der Waals surface area contributed by atoms with E-state index in [2.05, 4.69) is 21.2 Å². The summed E-state index contributed by atoms with van der Waals surface area (Å²) in [5.41, 5.74) is -0.753. The molecule has 0 aliphatic heterocycles. The Bertz CT molecular complexity index is 1030. The molecule has 0 aromatic carbocycles. The Morgan fingerprint density at radius 3 is 1.54 bits per heavy atom. The Morgan fingerprint density at radius 1 is 0.703 bits per heavy atom. The van der Waals surface area contributed by atoms with Crippen LogP contribution in [-0.2, 0) is 33.8 Å². The van der Waals surface area contributed by atoms with E-state index in [0.29, 0.717) is 19.3 Å². The van der Waals surface area contributed by atoms with E-state index in [1.807, 2.05) is 20.8 Å². The maximum absolute atomic E-state index is 12.9. The molecular weight excluding hydrogens is 494 g/mol. The number of ether oxygens (including phenoxy) is 3. The van der Waals surface area contributed by atoms with Gasteiger partial charge < -0.3 is 24.8 Å². The Labute approximate surface area is 212 Å². The van der Waals surface area contributed by atoms with Crippen LogP contribution in [0, 0.1) is 0 Å². The Morgan fingerprint density at radius 2 is 1.11 bits per heavy atom. The topological polar surface area (TPSA) is 193 Å². The van der Waals surface area contributed by atoms with Crippen molar-refractivity contribution in [2.24, 2.45) is 5.10 Å². The third-order valence-corrected chi connectivity index (χ3v) is 4.42. The van der Waals surface area contributed by atoms with Crippen LogP contribution in [0.3, 0.4) is 0 Å².